The number of aliphatic hydroxyl groups is 2. The normalized spacial score (nSPS) is 17.7. The minimum atomic E-state index is -2.44. The Balaban J connectivity index is 5.37. The highest BCUT2D eigenvalue weighted by atomic mass is 32.1. The molecular formula is C18H34N2O8S+2. The maximum atomic E-state index is 12.5. The fourth-order valence-corrected chi connectivity index (χ4v) is 3.06. The van der Waals surface area contributed by atoms with Gasteiger partial charge in [0.1, 0.15) is 37.0 Å². The monoisotopic (exact) mass is 438 g/mol. The van der Waals surface area contributed by atoms with Gasteiger partial charge in [-0.05, 0) is 0 Å². The number of aliphatic hydroxyl groups excluding tert-OH is 2. The van der Waals surface area contributed by atoms with Gasteiger partial charge in [0.25, 0.3) is 0 Å². The first-order valence-electron chi connectivity index (χ1n) is 9.04. The number of thiol groups is 1. The van der Waals surface area contributed by atoms with Crippen LogP contribution in [0.2, 0.25) is 0 Å². The number of carboxylic acids is 2. The zero-order chi connectivity index (χ0) is 23.4. The minimum Gasteiger partial charge on any atom is -0.481 e. The molecule has 0 radical (unpaired) electrons. The number of rotatable bonds is 13. The van der Waals surface area contributed by atoms with Crippen LogP contribution in [0.25, 0.3) is 0 Å². The summed E-state index contributed by atoms with van der Waals surface area (Å²) in [7, 11) is 10.2. The fourth-order valence-electron chi connectivity index (χ4n) is 2.86. The molecule has 0 fully saturated rings. The number of hydrogen-bond donors (Lipinski definition) is 5. The van der Waals surface area contributed by atoms with E-state index in [1.807, 2.05) is 0 Å². The summed E-state index contributed by atoms with van der Waals surface area (Å²) in [4.78, 5) is 48.0. The summed E-state index contributed by atoms with van der Waals surface area (Å²) in [6.07, 6.45) is -4.32. The molecule has 0 aromatic rings. The van der Waals surface area contributed by atoms with Gasteiger partial charge in [-0.15, -0.1) is 0 Å². The van der Waals surface area contributed by atoms with Gasteiger partial charge in [-0.2, -0.15) is 12.6 Å². The van der Waals surface area contributed by atoms with Crippen molar-refractivity contribution in [1.82, 2.24) is 0 Å². The lowest BCUT2D eigenvalue weighted by molar-refractivity contribution is -0.873. The number of hydrogen-bond acceptors (Lipinski definition) is 7. The molecule has 168 valence electrons. The molecule has 4 N–H and O–H groups in total. The van der Waals surface area contributed by atoms with Gasteiger partial charge in [0.2, 0.25) is 0 Å². The molecule has 10 nitrogen and oxygen atoms in total. The van der Waals surface area contributed by atoms with Gasteiger partial charge in [0.15, 0.2) is 10.5 Å². The van der Waals surface area contributed by atoms with Crippen LogP contribution in [0.15, 0.2) is 0 Å². The number of carbonyl (C=O) groups excluding carboxylic acids is 2. The Morgan fingerprint density at radius 1 is 0.862 bits per heavy atom. The maximum absolute atomic E-state index is 12.5. The van der Waals surface area contributed by atoms with E-state index in [0.29, 0.717) is 0 Å². The third-order valence-electron chi connectivity index (χ3n) is 4.29. The molecule has 0 spiro atoms. The summed E-state index contributed by atoms with van der Waals surface area (Å²) in [5.41, 5.74) is 0. The Morgan fingerprint density at radius 2 is 1.31 bits per heavy atom. The largest absolute Gasteiger partial charge is 0.481 e. The van der Waals surface area contributed by atoms with Gasteiger partial charge in [0.05, 0.1) is 42.3 Å². The summed E-state index contributed by atoms with van der Waals surface area (Å²) in [6.45, 7) is -0.0973. The summed E-state index contributed by atoms with van der Waals surface area (Å²) >= 11 is 3.92. The minimum absolute atomic E-state index is 0.00943. The lowest BCUT2D eigenvalue weighted by Crippen LogP contribution is -2.57. The van der Waals surface area contributed by atoms with Crippen LogP contribution in [-0.2, 0) is 19.2 Å². The van der Waals surface area contributed by atoms with Crippen molar-refractivity contribution in [2.45, 2.75) is 29.8 Å². The van der Waals surface area contributed by atoms with Crippen molar-refractivity contribution >= 4 is 36.1 Å². The van der Waals surface area contributed by atoms with E-state index in [0.717, 1.165) is 0 Å². The number of quaternary nitrogens is 2. The first-order chi connectivity index (χ1) is 12.8. The van der Waals surface area contributed by atoms with E-state index >= 15 is 0 Å². The number of ketones is 2. The topological polar surface area (TPSA) is 149 Å². The molecule has 0 aliphatic rings. The van der Waals surface area contributed by atoms with Gasteiger partial charge < -0.3 is 29.4 Å². The second kappa shape index (κ2) is 9.98. The van der Waals surface area contributed by atoms with E-state index < -0.39 is 59.2 Å². The smallest absolute Gasteiger partial charge is 0.330 e. The molecule has 11 heteroatoms. The van der Waals surface area contributed by atoms with Crippen LogP contribution >= 0.6 is 12.6 Å². The van der Waals surface area contributed by atoms with Crippen molar-refractivity contribution in [1.29, 1.82) is 0 Å². The Bertz CT molecular complexity index is 641. The average Bonchev–Trinajstić information content (AvgIpc) is 2.47. The maximum Gasteiger partial charge on any atom is 0.330 e. The molecule has 29 heavy (non-hydrogen) atoms. The standard InChI is InChI=1S/C18H32N2O8S/c1-19(2,3)9-12(22)15(16(25)26)11(21)7-8-13(23)18(29,17(27)28)14(24)10-20(4,5)6/h12,14-15,22,24H,7-10H2,1-6H3,(H-2,25,26,27,28,29)/p+2. The van der Waals surface area contributed by atoms with Crippen LogP contribution in [0, 0.1) is 5.92 Å². The molecule has 4 atom stereocenters. The lowest BCUT2D eigenvalue weighted by Gasteiger charge is -2.33. The average molecular weight is 439 g/mol. The van der Waals surface area contributed by atoms with Crippen molar-refractivity contribution in [3.63, 3.8) is 0 Å². The lowest BCUT2D eigenvalue weighted by atomic mass is 9.88. The van der Waals surface area contributed by atoms with Crippen LogP contribution in [0.3, 0.4) is 0 Å². The van der Waals surface area contributed by atoms with Crippen molar-refractivity contribution in [2.24, 2.45) is 5.92 Å². The molecule has 0 bridgehead atoms. The zero-order valence-electron chi connectivity index (χ0n) is 17.8. The van der Waals surface area contributed by atoms with Gasteiger partial charge >= 0.3 is 11.9 Å². The Hall–Kier alpha value is -1.53. The van der Waals surface area contributed by atoms with Crippen LogP contribution in [-0.4, -0.2) is 125 Å². The van der Waals surface area contributed by atoms with Crippen LogP contribution in [0.4, 0.5) is 0 Å². The second-order valence-corrected chi connectivity index (χ2v) is 10.0. The molecule has 0 amide bonds. The number of carboxylic acid groups (broad SMARTS) is 2. The predicted molar refractivity (Wildman–Crippen MR) is 108 cm³/mol. The number of carbonyl (C=O) groups is 4. The van der Waals surface area contributed by atoms with E-state index in [9.17, 15) is 39.6 Å². The van der Waals surface area contributed by atoms with Gasteiger partial charge in [0, 0.05) is 12.8 Å². The summed E-state index contributed by atoms with van der Waals surface area (Å²) in [5, 5.41) is 39.2. The summed E-state index contributed by atoms with van der Waals surface area (Å²) < 4.78 is -2.06. The summed E-state index contributed by atoms with van der Waals surface area (Å²) in [6, 6.07) is 0. The Labute approximate surface area is 176 Å². The van der Waals surface area contributed by atoms with E-state index in [-0.39, 0.29) is 22.1 Å². The van der Waals surface area contributed by atoms with Crippen molar-refractivity contribution in [3.8, 4) is 0 Å². The van der Waals surface area contributed by atoms with E-state index in [1.54, 1.807) is 42.3 Å². The van der Waals surface area contributed by atoms with E-state index in [1.165, 1.54) is 0 Å². The third kappa shape index (κ3) is 8.39. The first kappa shape index (κ1) is 27.5. The van der Waals surface area contributed by atoms with Gasteiger partial charge in [-0.25, -0.2) is 0 Å². The Morgan fingerprint density at radius 3 is 1.66 bits per heavy atom. The molecule has 0 rings (SSSR count). The molecule has 0 aliphatic heterocycles. The highest BCUT2D eigenvalue weighted by Crippen LogP contribution is 2.26. The first-order valence-corrected chi connectivity index (χ1v) is 9.49. The SMILES string of the molecule is C[N+](C)(C)CC(O)C(C(=O)O)C(=O)CCC(=O)C(S)(C(=O)O)C(O)C[N+](C)(C)C. The molecule has 0 heterocycles. The highest BCUT2D eigenvalue weighted by Gasteiger charge is 2.51. The molecule has 0 saturated carbocycles. The molecule has 0 aromatic heterocycles. The Kier molecular flexibility index (Phi) is 9.46. The molecule has 0 aromatic carbocycles. The second-order valence-electron chi connectivity index (χ2n) is 9.31. The molecular weight excluding hydrogens is 404 g/mol. The van der Waals surface area contributed by atoms with Crippen molar-refractivity contribution in [2.75, 3.05) is 55.4 Å². The zero-order valence-corrected chi connectivity index (χ0v) is 18.7. The van der Waals surface area contributed by atoms with E-state index in [2.05, 4.69) is 12.6 Å². The summed E-state index contributed by atoms with van der Waals surface area (Å²) in [5.74, 6) is -6.82. The number of Topliss-reactive ketones (excluding diaryl/α,β-unsaturated/α-hetero) is 2. The van der Waals surface area contributed by atoms with Gasteiger partial charge in [-0.1, -0.05) is 0 Å². The van der Waals surface area contributed by atoms with Crippen LogP contribution in [0.1, 0.15) is 12.8 Å². The van der Waals surface area contributed by atoms with Gasteiger partial charge in [-0.3, -0.25) is 19.2 Å². The number of aliphatic carboxylic acids is 2. The fraction of sp³-hybridized carbons (Fsp3) is 0.778. The highest BCUT2D eigenvalue weighted by molar-refractivity contribution is 7.83. The van der Waals surface area contributed by atoms with Crippen molar-refractivity contribution in [3.05, 3.63) is 0 Å². The quantitative estimate of drug-likeness (QED) is 0.132. The van der Waals surface area contributed by atoms with Crippen LogP contribution < -0.4 is 0 Å². The molecule has 4 unspecified atom stereocenters. The van der Waals surface area contributed by atoms with Crippen LogP contribution in [0.5, 0.6) is 0 Å². The van der Waals surface area contributed by atoms with E-state index in [4.69, 9.17) is 0 Å². The predicted octanol–water partition coefficient (Wildman–Crippen LogP) is -1.51. The molecule has 0 aliphatic carbocycles. The molecule has 0 saturated heterocycles. The number of likely N-dealkylation sites (N-methyl/N-ethyl adjacent to an activating group) is 2. The van der Waals surface area contributed by atoms with Crippen molar-refractivity contribution < 1.29 is 48.6 Å². The third-order valence-corrected chi connectivity index (χ3v) is 5.02. The number of nitrogens with zero attached hydrogens (tertiary/aromatic N) is 2.